The van der Waals surface area contributed by atoms with E-state index in [-0.39, 0.29) is 17.9 Å². The molecule has 0 spiro atoms. The number of benzene rings is 1. The van der Waals surface area contributed by atoms with E-state index in [2.05, 4.69) is 9.97 Å². The molecule has 0 amide bonds. The maximum atomic E-state index is 13.4. The molecule has 9 nitrogen and oxygen atoms in total. The van der Waals surface area contributed by atoms with Gasteiger partial charge in [-0.1, -0.05) is 6.07 Å². The number of halogens is 3. The van der Waals surface area contributed by atoms with Crippen molar-refractivity contribution in [1.82, 2.24) is 9.97 Å². The highest BCUT2D eigenvalue weighted by molar-refractivity contribution is 5.72. The minimum absolute atomic E-state index is 0.215. The van der Waals surface area contributed by atoms with Crippen molar-refractivity contribution in [3.63, 3.8) is 0 Å². The number of hydrogen-bond acceptors (Lipinski definition) is 8. The van der Waals surface area contributed by atoms with Crippen molar-refractivity contribution in [3.8, 4) is 11.8 Å². The van der Waals surface area contributed by atoms with Gasteiger partial charge in [-0.2, -0.15) is 18.2 Å². The van der Waals surface area contributed by atoms with Crippen molar-refractivity contribution in [1.29, 1.82) is 0 Å². The van der Waals surface area contributed by atoms with Gasteiger partial charge in [-0.3, -0.25) is 14.9 Å². The summed E-state index contributed by atoms with van der Waals surface area (Å²) in [5, 5.41) is 11.0. The van der Waals surface area contributed by atoms with Crippen LogP contribution in [0.4, 0.5) is 24.7 Å². The minimum atomic E-state index is -5.01. The van der Waals surface area contributed by atoms with Crippen molar-refractivity contribution in [2.45, 2.75) is 25.9 Å². The maximum Gasteiger partial charge on any atom is 0.426 e. The van der Waals surface area contributed by atoms with Crippen molar-refractivity contribution < 1.29 is 32.4 Å². The maximum absolute atomic E-state index is 13.4. The summed E-state index contributed by atoms with van der Waals surface area (Å²) in [5.41, 5.74) is -2.63. The van der Waals surface area contributed by atoms with Crippen molar-refractivity contribution in [2.24, 2.45) is 5.92 Å². The molecule has 1 aliphatic rings. The number of ether oxygens (including phenoxy) is 2. The monoisotopic (exact) mass is 440 g/mol. The Kier molecular flexibility index (Phi) is 6.56. The number of nitrogens with zero attached hydrogens (tertiary/aromatic N) is 4. The Labute approximate surface area is 175 Å². The van der Waals surface area contributed by atoms with E-state index in [0.29, 0.717) is 38.4 Å². The summed E-state index contributed by atoms with van der Waals surface area (Å²) in [6.45, 7) is 3.03. The van der Waals surface area contributed by atoms with Crippen LogP contribution in [0, 0.1) is 16.0 Å². The summed E-state index contributed by atoms with van der Waals surface area (Å²) in [6, 6.07) is 4.00. The summed E-state index contributed by atoms with van der Waals surface area (Å²) >= 11 is 0. The van der Waals surface area contributed by atoms with E-state index in [1.807, 2.05) is 4.90 Å². The van der Waals surface area contributed by atoms with Crippen LogP contribution in [0.15, 0.2) is 30.5 Å². The first kappa shape index (κ1) is 22.2. The smallest absolute Gasteiger partial charge is 0.426 e. The molecule has 0 unspecified atom stereocenters. The van der Waals surface area contributed by atoms with Crippen LogP contribution in [0.1, 0.15) is 25.3 Å². The van der Waals surface area contributed by atoms with Gasteiger partial charge in [0.05, 0.1) is 17.4 Å². The number of anilines is 1. The van der Waals surface area contributed by atoms with E-state index in [9.17, 15) is 28.1 Å². The Morgan fingerprint density at radius 2 is 2.00 bits per heavy atom. The van der Waals surface area contributed by atoms with Crippen LogP contribution in [-0.4, -0.2) is 40.6 Å². The van der Waals surface area contributed by atoms with Crippen molar-refractivity contribution in [2.75, 3.05) is 24.6 Å². The molecule has 2 heterocycles. The summed E-state index contributed by atoms with van der Waals surface area (Å²) in [7, 11) is 0. The van der Waals surface area contributed by atoms with Crippen LogP contribution in [0.5, 0.6) is 11.8 Å². The lowest BCUT2D eigenvalue weighted by molar-refractivity contribution is -0.388. The molecular formula is C19H19F3N4O5. The molecule has 166 valence electrons. The quantitative estimate of drug-likeness (QED) is 0.377. The van der Waals surface area contributed by atoms with Gasteiger partial charge < -0.3 is 14.4 Å². The minimum Gasteiger partial charge on any atom is -0.466 e. The van der Waals surface area contributed by atoms with Gasteiger partial charge in [-0.05, 0) is 31.9 Å². The Morgan fingerprint density at radius 1 is 1.29 bits per heavy atom. The fourth-order valence-electron chi connectivity index (χ4n) is 3.30. The number of nitro groups is 1. The van der Waals surface area contributed by atoms with Gasteiger partial charge in [0, 0.05) is 25.4 Å². The third-order valence-corrected chi connectivity index (χ3v) is 4.74. The third kappa shape index (κ3) is 5.19. The largest absolute Gasteiger partial charge is 0.466 e. The number of carbonyl (C=O) groups excluding carboxylic acids is 1. The van der Waals surface area contributed by atoms with Gasteiger partial charge in [0.25, 0.3) is 5.69 Å². The molecule has 0 N–H and O–H groups in total. The number of hydrogen-bond donors (Lipinski definition) is 0. The molecule has 1 aromatic carbocycles. The molecule has 0 bridgehead atoms. The van der Waals surface area contributed by atoms with E-state index in [1.54, 1.807) is 13.0 Å². The molecule has 1 aliphatic heterocycles. The Hall–Kier alpha value is -3.44. The second kappa shape index (κ2) is 9.14. The van der Waals surface area contributed by atoms with Gasteiger partial charge in [0.2, 0.25) is 0 Å². The number of carbonyl (C=O) groups is 1. The average molecular weight is 440 g/mol. The molecule has 12 heteroatoms. The van der Waals surface area contributed by atoms with E-state index < -0.39 is 28.1 Å². The van der Waals surface area contributed by atoms with Crippen molar-refractivity contribution in [3.05, 3.63) is 46.1 Å². The standard InChI is InChI=1S/C19H19F3N4O5/c1-2-30-17(27)12-7-10-25(11-8-12)15-6-9-23-18(24-15)31-14-5-3-4-13(26(28)29)16(14)19(20,21)22/h3-6,9,12H,2,7-8,10-11H2,1H3. The number of piperidine rings is 1. The highest BCUT2D eigenvalue weighted by atomic mass is 19.4. The normalized spacial score (nSPS) is 14.9. The second-order valence-corrected chi connectivity index (χ2v) is 6.72. The first-order chi connectivity index (χ1) is 14.7. The Balaban J connectivity index is 1.79. The van der Waals surface area contributed by atoms with Crippen LogP contribution in [0.25, 0.3) is 0 Å². The molecule has 0 radical (unpaired) electrons. The average Bonchev–Trinajstić information content (AvgIpc) is 2.73. The van der Waals surface area contributed by atoms with Gasteiger partial charge in [0.15, 0.2) is 5.56 Å². The molecule has 0 atom stereocenters. The number of esters is 1. The fraction of sp³-hybridized carbons (Fsp3) is 0.421. The number of alkyl halides is 3. The van der Waals surface area contributed by atoms with Crippen LogP contribution in [0.3, 0.4) is 0 Å². The summed E-state index contributed by atoms with van der Waals surface area (Å²) in [4.78, 5) is 31.6. The zero-order chi connectivity index (χ0) is 22.6. The van der Waals surface area contributed by atoms with Crippen molar-refractivity contribution >= 4 is 17.5 Å². The van der Waals surface area contributed by atoms with Gasteiger partial charge in [0.1, 0.15) is 11.6 Å². The third-order valence-electron chi connectivity index (χ3n) is 4.74. The lowest BCUT2D eigenvalue weighted by Crippen LogP contribution is -2.37. The van der Waals surface area contributed by atoms with Gasteiger partial charge in [-0.15, -0.1) is 0 Å². The van der Waals surface area contributed by atoms with Crippen LogP contribution >= 0.6 is 0 Å². The molecular weight excluding hydrogens is 421 g/mol. The van der Waals surface area contributed by atoms with Gasteiger partial charge >= 0.3 is 18.2 Å². The molecule has 3 rings (SSSR count). The number of aromatic nitrogens is 2. The lowest BCUT2D eigenvalue weighted by atomic mass is 9.97. The molecule has 1 saturated heterocycles. The molecule has 2 aromatic rings. The zero-order valence-corrected chi connectivity index (χ0v) is 16.5. The number of rotatable bonds is 6. The second-order valence-electron chi connectivity index (χ2n) is 6.72. The Bertz CT molecular complexity index is 962. The first-order valence-corrected chi connectivity index (χ1v) is 9.47. The van der Waals surface area contributed by atoms with E-state index in [4.69, 9.17) is 9.47 Å². The van der Waals surface area contributed by atoms with Crippen LogP contribution in [0.2, 0.25) is 0 Å². The predicted octanol–water partition coefficient (Wildman–Crippen LogP) is 3.98. The van der Waals surface area contributed by atoms with E-state index in [0.717, 1.165) is 18.2 Å². The summed E-state index contributed by atoms with van der Waals surface area (Å²) < 4.78 is 50.5. The SMILES string of the molecule is CCOC(=O)C1CCN(c2ccnc(Oc3cccc([N+](=O)[O-])c3C(F)(F)F)n2)CC1. The van der Waals surface area contributed by atoms with Crippen LogP contribution in [-0.2, 0) is 15.7 Å². The molecule has 1 aromatic heterocycles. The Morgan fingerprint density at radius 3 is 2.61 bits per heavy atom. The first-order valence-electron chi connectivity index (χ1n) is 9.47. The lowest BCUT2D eigenvalue weighted by Gasteiger charge is -2.31. The van der Waals surface area contributed by atoms with E-state index in [1.165, 1.54) is 6.20 Å². The van der Waals surface area contributed by atoms with Crippen LogP contribution < -0.4 is 9.64 Å². The molecule has 0 saturated carbocycles. The summed E-state index contributed by atoms with van der Waals surface area (Å²) in [5.74, 6) is -0.821. The summed E-state index contributed by atoms with van der Waals surface area (Å²) in [6.07, 6.45) is -2.60. The molecule has 31 heavy (non-hydrogen) atoms. The predicted molar refractivity (Wildman–Crippen MR) is 102 cm³/mol. The molecule has 0 aliphatic carbocycles. The van der Waals surface area contributed by atoms with E-state index >= 15 is 0 Å². The zero-order valence-electron chi connectivity index (χ0n) is 16.5. The fourth-order valence-corrected chi connectivity index (χ4v) is 3.30. The van der Waals surface area contributed by atoms with Gasteiger partial charge in [-0.25, -0.2) is 4.98 Å². The highest BCUT2D eigenvalue weighted by Crippen LogP contribution is 2.43. The topological polar surface area (TPSA) is 108 Å². The highest BCUT2D eigenvalue weighted by Gasteiger charge is 2.42. The molecule has 1 fully saturated rings. The number of nitro benzene ring substituents is 1.